The molecule has 6 nitrogen and oxygen atoms in total. The first-order valence-electron chi connectivity index (χ1n) is 9.45. The van der Waals surface area contributed by atoms with Gasteiger partial charge in [0.05, 0.1) is 6.20 Å². The number of hydrogen-bond donors (Lipinski definition) is 0. The van der Waals surface area contributed by atoms with Gasteiger partial charge in [0.2, 0.25) is 5.91 Å². The summed E-state index contributed by atoms with van der Waals surface area (Å²) in [4.78, 5) is 27.5. The fourth-order valence-electron chi connectivity index (χ4n) is 3.93. The van der Waals surface area contributed by atoms with Gasteiger partial charge in [0, 0.05) is 35.9 Å². The molecule has 1 aliphatic rings. The number of rotatable bonds is 4. The molecule has 0 N–H and O–H groups in total. The standard InChI is InChI=1S/C20H24N4O2/c1-2-10-23-17-9-5-4-8-15(17)16-13-21-24(20(26)19(16)23)14-18(25)22-11-6-3-7-12-22/h4-5,8-9,13H,2-3,6-7,10-12,14H2,1H3. The van der Waals surface area contributed by atoms with Crippen molar-refractivity contribution in [2.24, 2.45) is 0 Å². The van der Waals surface area contributed by atoms with Crippen molar-refractivity contribution in [3.63, 3.8) is 0 Å². The Labute approximate surface area is 152 Å². The number of carbonyl (C=O) groups is 1. The fraction of sp³-hybridized carbons (Fsp3) is 0.450. The lowest BCUT2D eigenvalue weighted by atomic mass is 10.1. The van der Waals surface area contributed by atoms with E-state index in [1.807, 2.05) is 29.2 Å². The molecule has 1 aromatic carbocycles. The van der Waals surface area contributed by atoms with Gasteiger partial charge in [-0.05, 0) is 31.7 Å². The van der Waals surface area contributed by atoms with Crippen LogP contribution in [0.3, 0.4) is 0 Å². The van der Waals surface area contributed by atoms with E-state index in [1.54, 1.807) is 6.20 Å². The van der Waals surface area contributed by atoms with Gasteiger partial charge in [-0.1, -0.05) is 25.1 Å². The summed E-state index contributed by atoms with van der Waals surface area (Å²) in [5, 5.41) is 6.21. The van der Waals surface area contributed by atoms with Crippen LogP contribution in [0.15, 0.2) is 35.3 Å². The lowest BCUT2D eigenvalue weighted by Gasteiger charge is -2.26. The summed E-state index contributed by atoms with van der Waals surface area (Å²) in [6.07, 6.45) is 5.91. The molecule has 0 saturated carbocycles. The number of amides is 1. The van der Waals surface area contributed by atoms with Crippen LogP contribution in [-0.2, 0) is 17.9 Å². The Hall–Kier alpha value is -2.63. The summed E-state index contributed by atoms with van der Waals surface area (Å²) in [7, 11) is 0. The number of carbonyl (C=O) groups excluding carboxylic acids is 1. The maximum Gasteiger partial charge on any atom is 0.291 e. The molecule has 0 bridgehead atoms. The Morgan fingerprint density at radius 2 is 1.88 bits per heavy atom. The summed E-state index contributed by atoms with van der Waals surface area (Å²) < 4.78 is 3.39. The average Bonchev–Trinajstić information content (AvgIpc) is 3.00. The molecule has 1 amide bonds. The predicted octanol–water partition coefficient (Wildman–Crippen LogP) is 2.77. The molecule has 0 unspecified atom stereocenters. The van der Waals surface area contributed by atoms with E-state index in [9.17, 15) is 9.59 Å². The molecule has 0 spiro atoms. The Morgan fingerprint density at radius 1 is 1.12 bits per heavy atom. The van der Waals surface area contributed by atoms with E-state index in [0.29, 0.717) is 5.52 Å². The molecule has 6 heteroatoms. The highest BCUT2D eigenvalue weighted by Crippen LogP contribution is 2.26. The molecule has 3 aromatic rings. The van der Waals surface area contributed by atoms with Gasteiger partial charge < -0.3 is 9.47 Å². The molecule has 26 heavy (non-hydrogen) atoms. The van der Waals surface area contributed by atoms with Crippen LogP contribution in [0.2, 0.25) is 0 Å². The molecule has 4 rings (SSSR count). The first-order valence-corrected chi connectivity index (χ1v) is 9.45. The van der Waals surface area contributed by atoms with Crippen LogP contribution in [0, 0.1) is 0 Å². The van der Waals surface area contributed by atoms with E-state index < -0.39 is 0 Å². The van der Waals surface area contributed by atoms with Crippen molar-refractivity contribution in [2.75, 3.05) is 13.1 Å². The summed E-state index contributed by atoms with van der Waals surface area (Å²) in [6, 6.07) is 8.02. The number of likely N-dealkylation sites (tertiary alicyclic amines) is 1. The molecule has 1 aliphatic heterocycles. The smallest absolute Gasteiger partial charge is 0.291 e. The molecular weight excluding hydrogens is 328 g/mol. The van der Waals surface area contributed by atoms with Crippen LogP contribution in [0.1, 0.15) is 32.6 Å². The average molecular weight is 352 g/mol. The van der Waals surface area contributed by atoms with Crippen LogP contribution < -0.4 is 5.56 Å². The molecule has 1 fully saturated rings. The van der Waals surface area contributed by atoms with E-state index in [4.69, 9.17) is 0 Å². The Bertz CT molecular complexity index is 1010. The minimum absolute atomic E-state index is 0.0163. The summed E-state index contributed by atoms with van der Waals surface area (Å²) in [6.45, 7) is 4.45. The minimum Gasteiger partial charge on any atom is -0.341 e. The molecule has 0 radical (unpaired) electrons. The number of benzene rings is 1. The van der Waals surface area contributed by atoms with Crippen molar-refractivity contribution in [1.82, 2.24) is 19.2 Å². The summed E-state index contributed by atoms with van der Waals surface area (Å²) in [5.74, 6) is -0.0168. The number of aromatic nitrogens is 3. The number of fused-ring (bicyclic) bond motifs is 3. The molecule has 136 valence electrons. The van der Waals surface area contributed by atoms with Gasteiger partial charge in [0.15, 0.2) is 0 Å². The van der Waals surface area contributed by atoms with Gasteiger partial charge in [-0.2, -0.15) is 5.10 Å². The first-order chi connectivity index (χ1) is 12.7. The van der Waals surface area contributed by atoms with Crippen LogP contribution in [0.25, 0.3) is 21.8 Å². The Morgan fingerprint density at radius 3 is 2.65 bits per heavy atom. The third kappa shape index (κ3) is 2.79. The van der Waals surface area contributed by atoms with Crippen molar-refractivity contribution in [3.8, 4) is 0 Å². The van der Waals surface area contributed by atoms with E-state index in [1.165, 1.54) is 11.1 Å². The molecular formula is C20H24N4O2. The zero-order valence-corrected chi connectivity index (χ0v) is 15.1. The number of aryl methyl sites for hydroxylation is 1. The highest BCUT2D eigenvalue weighted by Gasteiger charge is 2.20. The maximum absolute atomic E-state index is 13.1. The number of para-hydroxylation sites is 1. The predicted molar refractivity (Wildman–Crippen MR) is 102 cm³/mol. The second-order valence-electron chi connectivity index (χ2n) is 6.98. The lowest BCUT2D eigenvalue weighted by molar-refractivity contribution is -0.133. The molecule has 2 aromatic heterocycles. The normalized spacial score (nSPS) is 15.0. The lowest BCUT2D eigenvalue weighted by Crippen LogP contribution is -2.40. The van der Waals surface area contributed by atoms with Crippen LogP contribution in [0.4, 0.5) is 0 Å². The topological polar surface area (TPSA) is 60.1 Å². The van der Waals surface area contributed by atoms with Crippen LogP contribution >= 0.6 is 0 Å². The summed E-state index contributed by atoms with van der Waals surface area (Å²) >= 11 is 0. The zero-order valence-electron chi connectivity index (χ0n) is 15.1. The number of piperidine rings is 1. The quantitative estimate of drug-likeness (QED) is 0.725. The van der Waals surface area contributed by atoms with Crippen molar-refractivity contribution in [3.05, 3.63) is 40.8 Å². The van der Waals surface area contributed by atoms with Gasteiger partial charge in [-0.15, -0.1) is 0 Å². The first kappa shape index (κ1) is 16.8. The van der Waals surface area contributed by atoms with E-state index in [0.717, 1.165) is 55.2 Å². The van der Waals surface area contributed by atoms with Crippen LogP contribution in [0.5, 0.6) is 0 Å². The number of nitrogens with zero attached hydrogens (tertiary/aromatic N) is 4. The van der Waals surface area contributed by atoms with Crippen molar-refractivity contribution in [2.45, 2.75) is 45.7 Å². The number of hydrogen-bond acceptors (Lipinski definition) is 3. The third-order valence-electron chi connectivity index (χ3n) is 5.21. The fourth-order valence-corrected chi connectivity index (χ4v) is 3.93. The van der Waals surface area contributed by atoms with Gasteiger partial charge in [-0.25, -0.2) is 4.68 Å². The SMILES string of the molecule is CCCn1c2ccccc2c2cnn(CC(=O)N3CCCCC3)c(=O)c21. The van der Waals surface area contributed by atoms with Crippen molar-refractivity contribution < 1.29 is 4.79 Å². The van der Waals surface area contributed by atoms with E-state index >= 15 is 0 Å². The van der Waals surface area contributed by atoms with Crippen molar-refractivity contribution >= 4 is 27.7 Å². The van der Waals surface area contributed by atoms with Gasteiger partial charge in [0.1, 0.15) is 12.1 Å². The largest absolute Gasteiger partial charge is 0.341 e. The Balaban J connectivity index is 1.79. The van der Waals surface area contributed by atoms with Crippen LogP contribution in [-0.4, -0.2) is 38.2 Å². The van der Waals surface area contributed by atoms with E-state index in [2.05, 4.69) is 16.6 Å². The highest BCUT2D eigenvalue weighted by molar-refractivity contribution is 6.07. The maximum atomic E-state index is 13.1. The molecule has 0 aliphatic carbocycles. The highest BCUT2D eigenvalue weighted by atomic mass is 16.2. The zero-order chi connectivity index (χ0) is 18.1. The minimum atomic E-state index is -0.183. The van der Waals surface area contributed by atoms with Gasteiger partial charge in [0.25, 0.3) is 5.56 Å². The van der Waals surface area contributed by atoms with Crippen molar-refractivity contribution in [1.29, 1.82) is 0 Å². The molecule has 1 saturated heterocycles. The molecule has 3 heterocycles. The second-order valence-corrected chi connectivity index (χ2v) is 6.98. The third-order valence-corrected chi connectivity index (χ3v) is 5.21. The summed E-state index contributed by atoms with van der Waals surface area (Å²) in [5.41, 5.74) is 1.51. The monoisotopic (exact) mass is 352 g/mol. The van der Waals surface area contributed by atoms with E-state index in [-0.39, 0.29) is 18.0 Å². The second kappa shape index (κ2) is 6.94. The Kier molecular flexibility index (Phi) is 4.49. The molecule has 0 atom stereocenters. The van der Waals surface area contributed by atoms with Gasteiger partial charge in [-0.3, -0.25) is 9.59 Å². The van der Waals surface area contributed by atoms with Gasteiger partial charge >= 0.3 is 0 Å².